The van der Waals surface area contributed by atoms with Crippen molar-refractivity contribution in [1.29, 1.82) is 0 Å². The number of rotatable bonds is 8. The fourth-order valence-corrected chi connectivity index (χ4v) is 3.68. The standard InChI is InChI=1S/C18H36O/c1-5-6-7-8-9-10-11-12-18(19)14-13-17(3,4)15-16(18)2/h16,19H,5-15H2,1-4H3. The zero-order valence-electron chi connectivity index (χ0n) is 13.8. The normalized spacial score (nSPS) is 30.5. The monoisotopic (exact) mass is 268 g/mol. The molecule has 0 heterocycles. The van der Waals surface area contributed by atoms with Gasteiger partial charge < -0.3 is 5.11 Å². The molecule has 1 saturated carbocycles. The van der Waals surface area contributed by atoms with E-state index in [0.717, 1.165) is 12.8 Å². The third-order valence-electron chi connectivity index (χ3n) is 5.22. The molecule has 0 aromatic heterocycles. The highest BCUT2D eigenvalue weighted by Crippen LogP contribution is 2.45. The Morgan fingerprint density at radius 3 is 2.11 bits per heavy atom. The summed E-state index contributed by atoms with van der Waals surface area (Å²) in [4.78, 5) is 0. The van der Waals surface area contributed by atoms with E-state index in [1.165, 1.54) is 57.8 Å². The zero-order valence-corrected chi connectivity index (χ0v) is 13.8. The molecular weight excluding hydrogens is 232 g/mol. The molecule has 1 heteroatoms. The highest BCUT2D eigenvalue weighted by molar-refractivity contribution is 4.93. The van der Waals surface area contributed by atoms with Crippen molar-refractivity contribution in [2.24, 2.45) is 11.3 Å². The minimum Gasteiger partial charge on any atom is -0.390 e. The van der Waals surface area contributed by atoms with Crippen LogP contribution in [0.2, 0.25) is 0 Å². The summed E-state index contributed by atoms with van der Waals surface area (Å²) in [7, 11) is 0. The molecule has 19 heavy (non-hydrogen) atoms. The lowest BCUT2D eigenvalue weighted by Crippen LogP contribution is -2.43. The van der Waals surface area contributed by atoms with E-state index >= 15 is 0 Å². The molecule has 1 aliphatic rings. The summed E-state index contributed by atoms with van der Waals surface area (Å²) >= 11 is 0. The van der Waals surface area contributed by atoms with Gasteiger partial charge in [0.05, 0.1) is 5.60 Å². The van der Waals surface area contributed by atoms with Gasteiger partial charge in [-0.05, 0) is 37.0 Å². The van der Waals surface area contributed by atoms with Gasteiger partial charge in [0, 0.05) is 0 Å². The van der Waals surface area contributed by atoms with Gasteiger partial charge in [0.1, 0.15) is 0 Å². The smallest absolute Gasteiger partial charge is 0.0673 e. The van der Waals surface area contributed by atoms with E-state index in [1.807, 2.05) is 0 Å². The van der Waals surface area contributed by atoms with E-state index in [2.05, 4.69) is 27.7 Å². The molecule has 114 valence electrons. The molecule has 1 fully saturated rings. The summed E-state index contributed by atoms with van der Waals surface area (Å²) in [5, 5.41) is 10.8. The maximum absolute atomic E-state index is 10.8. The summed E-state index contributed by atoms with van der Waals surface area (Å²) in [6.45, 7) is 9.21. The second kappa shape index (κ2) is 7.67. The predicted molar refractivity (Wildman–Crippen MR) is 84.4 cm³/mol. The van der Waals surface area contributed by atoms with E-state index in [4.69, 9.17) is 0 Å². The van der Waals surface area contributed by atoms with E-state index in [0.29, 0.717) is 11.3 Å². The van der Waals surface area contributed by atoms with Gasteiger partial charge in [-0.1, -0.05) is 72.6 Å². The van der Waals surface area contributed by atoms with Crippen LogP contribution >= 0.6 is 0 Å². The molecule has 0 bridgehead atoms. The van der Waals surface area contributed by atoms with Crippen LogP contribution in [0.1, 0.15) is 98.3 Å². The Labute approximate surface area is 121 Å². The largest absolute Gasteiger partial charge is 0.390 e. The minimum absolute atomic E-state index is 0.362. The molecule has 0 saturated heterocycles. The average Bonchev–Trinajstić information content (AvgIpc) is 2.33. The highest BCUT2D eigenvalue weighted by atomic mass is 16.3. The molecule has 1 nitrogen and oxygen atoms in total. The summed E-state index contributed by atoms with van der Waals surface area (Å²) in [6, 6.07) is 0. The first-order valence-corrected chi connectivity index (χ1v) is 8.62. The SMILES string of the molecule is CCCCCCCCCC1(O)CCC(C)(C)CC1C. The number of unbranched alkanes of at least 4 members (excludes halogenated alkanes) is 6. The summed E-state index contributed by atoms with van der Waals surface area (Å²) in [5.41, 5.74) is 0.0741. The van der Waals surface area contributed by atoms with E-state index < -0.39 is 0 Å². The average molecular weight is 268 g/mol. The van der Waals surface area contributed by atoms with Crippen molar-refractivity contribution in [1.82, 2.24) is 0 Å². The first-order chi connectivity index (χ1) is 8.90. The predicted octanol–water partition coefficient (Wildman–Crippen LogP) is 5.70. The van der Waals surface area contributed by atoms with Crippen LogP contribution in [0, 0.1) is 11.3 Å². The van der Waals surface area contributed by atoms with Gasteiger partial charge in [0.25, 0.3) is 0 Å². The van der Waals surface area contributed by atoms with E-state index in [9.17, 15) is 5.11 Å². The molecule has 1 aliphatic carbocycles. The van der Waals surface area contributed by atoms with E-state index in [1.54, 1.807) is 0 Å². The molecule has 0 aromatic carbocycles. The van der Waals surface area contributed by atoms with Gasteiger partial charge in [-0.25, -0.2) is 0 Å². The molecule has 0 aliphatic heterocycles. The van der Waals surface area contributed by atoms with Crippen molar-refractivity contribution in [2.75, 3.05) is 0 Å². The third-order valence-corrected chi connectivity index (χ3v) is 5.22. The Kier molecular flexibility index (Phi) is 6.86. The summed E-state index contributed by atoms with van der Waals surface area (Å²) in [6.07, 6.45) is 13.8. The van der Waals surface area contributed by atoms with E-state index in [-0.39, 0.29) is 5.60 Å². The van der Waals surface area contributed by atoms with Crippen molar-refractivity contribution < 1.29 is 5.11 Å². The Morgan fingerprint density at radius 2 is 1.53 bits per heavy atom. The van der Waals surface area contributed by atoms with Crippen molar-refractivity contribution in [3.05, 3.63) is 0 Å². The van der Waals surface area contributed by atoms with Crippen molar-refractivity contribution in [2.45, 2.75) is 104 Å². The highest BCUT2D eigenvalue weighted by Gasteiger charge is 2.41. The lowest BCUT2D eigenvalue weighted by molar-refractivity contribution is -0.0780. The molecule has 1 rings (SSSR count). The third kappa shape index (κ3) is 5.85. The lowest BCUT2D eigenvalue weighted by Gasteiger charge is -2.45. The molecule has 2 unspecified atom stereocenters. The van der Waals surface area contributed by atoms with Crippen LogP contribution in [-0.4, -0.2) is 10.7 Å². The van der Waals surface area contributed by atoms with Gasteiger partial charge in [-0.2, -0.15) is 0 Å². The number of hydrogen-bond donors (Lipinski definition) is 1. The van der Waals surface area contributed by atoms with Crippen LogP contribution in [0.15, 0.2) is 0 Å². The van der Waals surface area contributed by atoms with Crippen LogP contribution in [0.3, 0.4) is 0 Å². The van der Waals surface area contributed by atoms with Gasteiger partial charge in [-0.3, -0.25) is 0 Å². The molecule has 1 N–H and O–H groups in total. The van der Waals surface area contributed by atoms with Crippen LogP contribution in [0.4, 0.5) is 0 Å². The topological polar surface area (TPSA) is 20.2 Å². The Hall–Kier alpha value is -0.0400. The molecule has 0 spiro atoms. The molecule has 2 atom stereocenters. The Morgan fingerprint density at radius 1 is 0.947 bits per heavy atom. The molecule has 0 aromatic rings. The Bertz CT molecular complexity index is 246. The number of hydrogen-bond acceptors (Lipinski definition) is 1. The first-order valence-electron chi connectivity index (χ1n) is 8.62. The lowest BCUT2D eigenvalue weighted by atomic mass is 9.64. The van der Waals surface area contributed by atoms with Crippen LogP contribution < -0.4 is 0 Å². The second-order valence-corrected chi connectivity index (χ2v) is 7.74. The van der Waals surface area contributed by atoms with Gasteiger partial charge >= 0.3 is 0 Å². The van der Waals surface area contributed by atoms with Gasteiger partial charge in [0.2, 0.25) is 0 Å². The molecular formula is C18H36O. The maximum atomic E-state index is 10.8. The number of aliphatic hydroxyl groups is 1. The fourth-order valence-electron chi connectivity index (χ4n) is 3.68. The fraction of sp³-hybridized carbons (Fsp3) is 1.00. The van der Waals surface area contributed by atoms with Gasteiger partial charge in [0.15, 0.2) is 0 Å². The Balaban J connectivity index is 2.17. The van der Waals surface area contributed by atoms with Crippen molar-refractivity contribution >= 4 is 0 Å². The first kappa shape index (κ1) is 17.0. The zero-order chi connectivity index (χ0) is 14.4. The summed E-state index contributed by atoms with van der Waals surface area (Å²) < 4.78 is 0. The van der Waals surface area contributed by atoms with Crippen LogP contribution in [-0.2, 0) is 0 Å². The van der Waals surface area contributed by atoms with Crippen LogP contribution in [0.5, 0.6) is 0 Å². The maximum Gasteiger partial charge on any atom is 0.0673 e. The minimum atomic E-state index is -0.362. The molecule has 0 radical (unpaired) electrons. The quantitative estimate of drug-likeness (QED) is 0.559. The van der Waals surface area contributed by atoms with Crippen molar-refractivity contribution in [3.63, 3.8) is 0 Å². The molecule has 0 amide bonds. The van der Waals surface area contributed by atoms with Gasteiger partial charge in [-0.15, -0.1) is 0 Å². The van der Waals surface area contributed by atoms with Crippen LogP contribution in [0.25, 0.3) is 0 Å². The summed E-state index contributed by atoms with van der Waals surface area (Å²) in [5.74, 6) is 0.469. The van der Waals surface area contributed by atoms with Crippen molar-refractivity contribution in [3.8, 4) is 0 Å². The second-order valence-electron chi connectivity index (χ2n) is 7.74.